The molecule has 140 valence electrons. The van der Waals surface area contributed by atoms with E-state index in [9.17, 15) is 14.4 Å². The van der Waals surface area contributed by atoms with Crippen LogP contribution in [-0.4, -0.2) is 42.8 Å². The second-order valence-electron chi connectivity index (χ2n) is 6.46. The van der Waals surface area contributed by atoms with Gasteiger partial charge in [0.05, 0.1) is 23.8 Å². The van der Waals surface area contributed by atoms with E-state index in [4.69, 9.17) is 4.74 Å². The maximum Gasteiger partial charge on any atom is 0.261 e. The highest BCUT2D eigenvalue weighted by atomic mass is 16.5. The quantitative estimate of drug-likeness (QED) is 0.697. The largest absolute Gasteiger partial charge is 0.496 e. The fraction of sp³-hybridized carbons (Fsp3) is 0.136. The SMILES string of the molecule is COc1ccccc1C(=O)NCCN1C(=O)c2cc3ccccc3cc2C1=O. The number of hydrogen-bond donors (Lipinski definition) is 1. The van der Waals surface area contributed by atoms with Gasteiger partial charge in [0, 0.05) is 13.1 Å². The van der Waals surface area contributed by atoms with Crippen LogP contribution in [0.3, 0.4) is 0 Å². The standard InChI is InChI=1S/C22H18N2O4/c1-28-19-9-5-4-8-16(19)20(25)23-10-11-24-21(26)17-12-14-6-2-3-7-15(14)13-18(17)22(24)27/h2-9,12-13H,10-11H2,1H3,(H,23,25). The Morgan fingerprint density at radius 2 is 1.50 bits per heavy atom. The number of hydrogen-bond acceptors (Lipinski definition) is 4. The molecule has 0 spiro atoms. The van der Waals surface area contributed by atoms with E-state index in [1.54, 1.807) is 36.4 Å². The number of para-hydroxylation sites is 1. The molecule has 0 fully saturated rings. The van der Waals surface area contributed by atoms with E-state index in [1.807, 2.05) is 24.3 Å². The highest BCUT2D eigenvalue weighted by Crippen LogP contribution is 2.27. The fourth-order valence-corrected chi connectivity index (χ4v) is 3.39. The molecule has 1 N–H and O–H groups in total. The van der Waals surface area contributed by atoms with Gasteiger partial charge in [0.1, 0.15) is 5.75 Å². The molecule has 0 saturated carbocycles. The number of methoxy groups -OCH3 is 1. The van der Waals surface area contributed by atoms with Crippen molar-refractivity contribution < 1.29 is 19.1 Å². The van der Waals surface area contributed by atoms with Gasteiger partial charge in [0.2, 0.25) is 0 Å². The van der Waals surface area contributed by atoms with E-state index in [2.05, 4.69) is 5.32 Å². The number of amides is 3. The topological polar surface area (TPSA) is 75.7 Å². The van der Waals surface area contributed by atoms with Crippen LogP contribution >= 0.6 is 0 Å². The molecule has 0 radical (unpaired) electrons. The summed E-state index contributed by atoms with van der Waals surface area (Å²) < 4.78 is 5.18. The monoisotopic (exact) mass is 374 g/mol. The van der Waals surface area contributed by atoms with Crippen LogP contribution in [0.5, 0.6) is 5.75 Å². The molecule has 1 heterocycles. The van der Waals surface area contributed by atoms with Crippen molar-refractivity contribution in [3.05, 3.63) is 77.4 Å². The number of nitrogens with zero attached hydrogens (tertiary/aromatic N) is 1. The number of nitrogens with one attached hydrogen (secondary N) is 1. The van der Waals surface area contributed by atoms with Crippen molar-refractivity contribution in [3.63, 3.8) is 0 Å². The van der Waals surface area contributed by atoms with Gasteiger partial charge in [0.15, 0.2) is 0 Å². The zero-order chi connectivity index (χ0) is 19.7. The zero-order valence-corrected chi connectivity index (χ0v) is 15.3. The van der Waals surface area contributed by atoms with Crippen LogP contribution < -0.4 is 10.1 Å². The molecule has 3 aromatic carbocycles. The lowest BCUT2D eigenvalue weighted by atomic mass is 10.0. The van der Waals surface area contributed by atoms with Gasteiger partial charge in [-0.3, -0.25) is 19.3 Å². The van der Waals surface area contributed by atoms with Gasteiger partial charge in [0.25, 0.3) is 17.7 Å². The molecule has 3 amide bonds. The van der Waals surface area contributed by atoms with Gasteiger partial charge in [-0.05, 0) is 35.0 Å². The first-order chi connectivity index (χ1) is 13.6. The summed E-state index contributed by atoms with van der Waals surface area (Å²) in [6.07, 6.45) is 0. The molecular weight excluding hydrogens is 356 g/mol. The summed E-state index contributed by atoms with van der Waals surface area (Å²) in [5, 5.41) is 4.56. The lowest BCUT2D eigenvalue weighted by molar-refractivity contribution is 0.0649. The van der Waals surface area contributed by atoms with Gasteiger partial charge < -0.3 is 10.1 Å². The summed E-state index contributed by atoms with van der Waals surface area (Å²) in [7, 11) is 1.49. The van der Waals surface area contributed by atoms with E-state index in [-0.39, 0.29) is 30.8 Å². The van der Waals surface area contributed by atoms with E-state index in [0.29, 0.717) is 22.4 Å². The van der Waals surface area contributed by atoms with Gasteiger partial charge >= 0.3 is 0 Å². The minimum Gasteiger partial charge on any atom is -0.496 e. The second kappa shape index (κ2) is 7.15. The molecule has 1 aliphatic heterocycles. The number of imide groups is 1. The van der Waals surface area contributed by atoms with Crippen molar-refractivity contribution >= 4 is 28.5 Å². The molecule has 0 aliphatic carbocycles. The number of carbonyl (C=O) groups excluding carboxylic acids is 3. The Morgan fingerprint density at radius 3 is 2.11 bits per heavy atom. The first kappa shape index (κ1) is 17.7. The summed E-state index contributed by atoms with van der Waals surface area (Å²) in [5.41, 5.74) is 1.21. The molecule has 28 heavy (non-hydrogen) atoms. The fourth-order valence-electron chi connectivity index (χ4n) is 3.39. The van der Waals surface area contributed by atoms with Crippen LogP contribution in [0.25, 0.3) is 10.8 Å². The first-order valence-electron chi connectivity index (χ1n) is 8.90. The summed E-state index contributed by atoms with van der Waals surface area (Å²) in [6.45, 7) is 0.255. The maximum absolute atomic E-state index is 12.7. The predicted molar refractivity (Wildman–Crippen MR) is 105 cm³/mol. The van der Waals surface area contributed by atoms with Crippen molar-refractivity contribution in [1.29, 1.82) is 0 Å². The highest BCUT2D eigenvalue weighted by molar-refractivity contribution is 6.23. The molecule has 0 saturated heterocycles. The highest BCUT2D eigenvalue weighted by Gasteiger charge is 2.35. The van der Waals surface area contributed by atoms with Crippen LogP contribution in [-0.2, 0) is 0 Å². The van der Waals surface area contributed by atoms with Gasteiger partial charge in [-0.25, -0.2) is 0 Å². The third-order valence-electron chi connectivity index (χ3n) is 4.81. The zero-order valence-electron chi connectivity index (χ0n) is 15.3. The Morgan fingerprint density at radius 1 is 0.929 bits per heavy atom. The van der Waals surface area contributed by atoms with Crippen LogP contribution in [0.15, 0.2) is 60.7 Å². The van der Waals surface area contributed by atoms with Crippen LogP contribution in [0.4, 0.5) is 0 Å². The minimum absolute atomic E-state index is 0.101. The Bertz CT molecular complexity index is 1050. The summed E-state index contributed by atoms with van der Waals surface area (Å²) in [4.78, 5) is 38.9. The Balaban J connectivity index is 1.47. The van der Waals surface area contributed by atoms with Gasteiger partial charge in [-0.1, -0.05) is 36.4 Å². The average molecular weight is 374 g/mol. The summed E-state index contributed by atoms with van der Waals surface area (Å²) in [5.74, 6) is -0.526. The van der Waals surface area contributed by atoms with Crippen molar-refractivity contribution in [1.82, 2.24) is 10.2 Å². The Kier molecular flexibility index (Phi) is 4.53. The normalized spacial score (nSPS) is 13.0. The number of fused-ring (bicyclic) bond motifs is 2. The Labute approximate surface area is 161 Å². The number of benzene rings is 3. The van der Waals surface area contributed by atoms with Gasteiger partial charge in [-0.2, -0.15) is 0 Å². The molecule has 0 aromatic heterocycles. The molecule has 0 bridgehead atoms. The minimum atomic E-state index is -0.336. The lowest BCUT2D eigenvalue weighted by Crippen LogP contribution is -2.38. The van der Waals surface area contributed by atoms with Crippen molar-refractivity contribution in [3.8, 4) is 5.75 Å². The van der Waals surface area contributed by atoms with Crippen LogP contribution in [0.2, 0.25) is 0 Å². The third kappa shape index (κ3) is 2.99. The molecule has 4 rings (SSSR count). The first-order valence-corrected chi connectivity index (χ1v) is 8.90. The molecule has 0 unspecified atom stereocenters. The van der Waals surface area contributed by atoms with Crippen molar-refractivity contribution in [2.75, 3.05) is 20.2 Å². The third-order valence-corrected chi connectivity index (χ3v) is 4.81. The lowest BCUT2D eigenvalue weighted by Gasteiger charge is -2.14. The molecule has 6 heteroatoms. The van der Waals surface area contributed by atoms with Gasteiger partial charge in [-0.15, -0.1) is 0 Å². The number of ether oxygens (including phenoxy) is 1. The van der Waals surface area contributed by atoms with Crippen LogP contribution in [0.1, 0.15) is 31.1 Å². The molecular formula is C22H18N2O4. The van der Waals surface area contributed by atoms with E-state index < -0.39 is 0 Å². The van der Waals surface area contributed by atoms with E-state index >= 15 is 0 Å². The Hall–Kier alpha value is -3.67. The van der Waals surface area contributed by atoms with E-state index in [1.165, 1.54) is 12.0 Å². The van der Waals surface area contributed by atoms with E-state index in [0.717, 1.165) is 10.8 Å². The van der Waals surface area contributed by atoms with Crippen molar-refractivity contribution in [2.45, 2.75) is 0 Å². The molecule has 3 aromatic rings. The van der Waals surface area contributed by atoms with Crippen molar-refractivity contribution in [2.24, 2.45) is 0 Å². The molecule has 6 nitrogen and oxygen atoms in total. The molecule has 1 aliphatic rings. The number of rotatable bonds is 5. The average Bonchev–Trinajstić information content (AvgIpc) is 2.96. The number of carbonyl (C=O) groups is 3. The second-order valence-corrected chi connectivity index (χ2v) is 6.46. The summed E-state index contributed by atoms with van der Waals surface area (Å²) >= 11 is 0. The summed E-state index contributed by atoms with van der Waals surface area (Å²) in [6, 6.07) is 18.0. The predicted octanol–water partition coefficient (Wildman–Crippen LogP) is 2.87. The smallest absolute Gasteiger partial charge is 0.261 e. The molecule has 0 atom stereocenters. The van der Waals surface area contributed by atoms with Crippen LogP contribution in [0, 0.1) is 0 Å². The maximum atomic E-state index is 12.7.